The highest BCUT2D eigenvalue weighted by atomic mass is 32.1. The van der Waals surface area contributed by atoms with Gasteiger partial charge in [-0.25, -0.2) is 9.78 Å². The van der Waals surface area contributed by atoms with Gasteiger partial charge in [0.15, 0.2) is 5.84 Å². The second-order valence-electron chi connectivity index (χ2n) is 6.29. The van der Waals surface area contributed by atoms with Crippen LogP contribution in [0.2, 0.25) is 0 Å². The molecule has 0 spiro atoms. The van der Waals surface area contributed by atoms with Crippen molar-refractivity contribution in [2.24, 2.45) is 10.9 Å². The fraction of sp³-hybridized carbons (Fsp3) is 0.421. The van der Waals surface area contributed by atoms with Crippen molar-refractivity contribution in [3.8, 4) is 10.4 Å². The van der Waals surface area contributed by atoms with E-state index in [2.05, 4.69) is 16.9 Å². The molecule has 0 atom stereocenters. The maximum Gasteiger partial charge on any atom is 0.332 e. The van der Waals surface area contributed by atoms with Gasteiger partial charge in [0.05, 0.1) is 15.6 Å². The topological polar surface area (TPSA) is 77.6 Å². The molecule has 1 aromatic heterocycles. The molecule has 0 aliphatic heterocycles. The molecule has 1 aliphatic carbocycles. The molecule has 0 amide bonds. The zero-order valence-electron chi connectivity index (χ0n) is 14.6. The third kappa shape index (κ3) is 4.07. The predicted molar refractivity (Wildman–Crippen MR) is 101 cm³/mol. The second kappa shape index (κ2) is 7.78. The van der Waals surface area contributed by atoms with Gasteiger partial charge < -0.3 is 10.6 Å². The van der Waals surface area contributed by atoms with Crippen LogP contribution in [-0.2, 0) is 16.1 Å². The molecule has 0 radical (unpaired) electrons. The molecular formula is C19H23N3O2S. The van der Waals surface area contributed by atoms with Crippen molar-refractivity contribution in [2.45, 2.75) is 51.9 Å². The van der Waals surface area contributed by atoms with Gasteiger partial charge in [-0.3, -0.25) is 0 Å². The van der Waals surface area contributed by atoms with E-state index in [4.69, 9.17) is 10.7 Å². The lowest BCUT2D eigenvalue weighted by molar-refractivity contribution is -0.140. The Morgan fingerprint density at radius 2 is 2.00 bits per heavy atom. The maximum absolute atomic E-state index is 10.8. The van der Waals surface area contributed by atoms with Crippen LogP contribution in [0.3, 0.4) is 0 Å². The minimum Gasteiger partial charge on any atom is -0.380 e. The van der Waals surface area contributed by atoms with Gasteiger partial charge in [-0.2, -0.15) is 0 Å². The summed E-state index contributed by atoms with van der Waals surface area (Å²) in [5, 5.41) is 4.82. The molecule has 1 fully saturated rings. The Morgan fingerprint density at radius 1 is 1.32 bits per heavy atom. The maximum atomic E-state index is 10.8. The van der Waals surface area contributed by atoms with Crippen LogP contribution in [-0.4, -0.2) is 16.8 Å². The number of nitrogens with zero attached hydrogens (tertiary/aromatic N) is 2. The Balaban J connectivity index is 1.88. The summed E-state index contributed by atoms with van der Waals surface area (Å²) in [6, 6.07) is 7.89. The standard InChI is InChI=1S/C19H23N3O2S/c1-3-16-21-17(13-6-4-5-7-13)18(25-16)14-8-10-15(11-9-14)19(20)22-24-12(2)23/h8-11,13H,3-7H2,1-2H3,(H2,20,22). The van der Waals surface area contributed by atoms with Crippen LogP contribution < -0.4 is 5.73 Å². The third-order valence-corrected chi connectivity index (χ3v) is 5.72. The van der Waals surface area contributed by atoms with Crippen LogP contribution in [0, 0.1) is 0 Å². The lowest BCUT2D eigenvalue weighted by atomic mass is 9.99. The Morgan fingerprint density at radius 3 is 2.60 bits per heavy atom. The fourth-order valence-corrected chi connectivity index (χ4v) is 4.27. The van der Waals surface area contributed by atoms with Crippen molar-refractivity contribution >= 4 is 23.1 Å². The molecule has 1 aliphatic rings. The minimum absolute atomic E-state index is 0.191. The average molecular weight is 357 g/mol. The highest BCUT2D eigenvalue weighted by Crippen LogP contribution is 2.41. The van der Waals surface area contributed by atoms with E-state index in [0.29, 0.717) is 5.92 Å². The first-order valence-corrected chi connectivity index (χ1v) is 9.51. The summed E-state index contributed by atoms with van der Waals surface area (Å²) < 4.78 is 0. The van der Waals surface area contributed by atoms with E-state index in [9.17, 15) is 4.79 Å². The van der Waals surface area contributed by atoms with Crippen molar-refractivity contribution in [2.75, 3.05) is 0 Å². The van der Waals surface area contributed by atoms with Gasteiger partial charge in [0.25, 0.3) is 0 Å². The van der Waals surface area contributed by atoms with Gasteiger partial charge in [0.1, 0.15) is 0 Å². The number of thiazole rings is 1. The molecule has 2 N–H and O–H groups in total. The smallest absolute Gasteiger partial charge is 0.332 e. The fourth-order valence-electron chi connectivity index (χ4n) is 3.17. The molecule has 3 rings (SSSR count). The molecule has 2 aromatic rings. The molecule has 1 heterocycles. The van der Waals surface area contributed by atoms with Crippen molar-refractivity contribution in [3.05, 3.63) is 40.5 Å². The number of hydrogen-bond donors (Lipinski definition) is 1. The van der Waals surface area contributed by atoms with Gasteiger partial charge in [-0.1, -0.05) is 49.2 Å². The monoisotopic (exact) mass is 357 g/mol. The van der Waals surface area contributed by atoms with Gasteiger partial charge >= 0.3 is 5.97 Å². The van der Waals surface area contributed by atoms with E-state index in [-0.39, 0.29) is 5.84 Å². The molecule has 1 aromatic carbocycles. The first-order chi connectivity index (χ1) is 12.1. The molecule has 1 saturated carbocycles. The summed E-state index contributed by atoms with van der Waals surface area (Å²) in [7, 11) is 0. The number of amidine groups is 1. The van der Waals surface area contributed by atoms with E-state index in [1.54, 1.807) is 11.3 Å². The number of carbonyl (C=O) groups excluding carboxylic acids is 1. The number of aromatic nitrogens is 1. The highest BCUT2D eigenvalue weighted by molar-refractivity contribution is 7.15. The van der Waals surface area contributed by atoms with Gasteiger partial charge in [0.2, 0.25) is 0 Å². The SMILES string of the molecule is CCc1nc(C2CCCC2)c(-c2ccc(/C(N)=N/OC(C)=O)cc2)s1. The van der Waals surface area contributed by atoms with Crippen molar-refractivity contribution in [1.29, 1.82) is 0 Å². The molecule has 0 unspecified atom stereocenters. The summed E-state index contributed by atoms with van der Waals surface area (Å²) in [5.74, 6) is 0.288. The molecule has 5 nitrogen and oxygen atoms in total. The Bertz CT molecular complexity index is 774. The summed E-state index contributed by atoms with van der Waals surface area (Å²) >= 11 is 1.79. The van der Waals surface area contributed by atoms with E-state index in [1.807, 2.05) is 24.3 Å². The van der Waals surface area contributed by atoms with Crippen molar-refractivity contribution in [1.82, 2.24) is 4.98 Å². The van der Waals surface area contributed by atoms with Gasteiger partial charge in [0, 0.05) is 18.4 Å². The second-order valence-corrected chi connectivity index (χ2v) is 7.38. The molecule has 6 heteroatoms. The van der Waals surface area contributed by atoms with Crippen LogP contribution in [0.4, 0.5) is 0 Å². The van der Waals surface area contributed by atoms with Gasteiger partial charge in [-0.05, 0) is 24.8 Å². The lowest BCUT2D eigenvalue weighted by Crippen LogP contribution is -2.14. The quantitative estimate of drug-likeness (QED) is 0.376. The van der Waals surface area contributed by atoms with E-state index < -0.39 is 5.97 Å². The number of oxime groups is 1. The summed E-state index contributed by atoms with van der Waals surface area (Å²) in [6.45, 7) is 3.44. The number of carbonyl (C=O) groups is 1. The van der Waals surface area contributed by atoms with Crippen molar-refractivity contribution < 1.29 is 9.63 Å². The number of hydrogen-bond acceptors (Lipinski definition) is 5. The Hall–Kier alpha value is -2.21. The van der Waals surface area contributed by atoms with Crippen LogP contribution in [0.5, 0.6) is 0 Å². The van der Waals surface area contributed by atoms with Gasteiger partial charge in [-0.15, -0.1) is 11.3 Å². The number of nitrogens with two attached hydrogens (primary N) is 1. The Kier molecular flexibility index (Phi) is 5.48. The van der Waals surface area contributed by atoms with E-state index in [0.717, 1.165) is 17.5 Å². The van der Waals surface area contributed by atoms with Crippen molar-refractivity contribution in [3.63, 3.8) is 0 Å². The zero-order valence-corrected chi connectivity index (χ0v) is 15.4. The summed E-state index contributed by atoms with van der Waals surface area (Å²) in [4.78, 5) is 21.6. The van der Waals surface area contributed by atoms with Crippen LogP contribution in [0.1, 0.15) is 61.7 Å². The molecular weight excluding hydrogens is 334 g/mol. The number of benzene rings is 1. The first kappa shape index (κ1) is 17.6. The third-order valence-electron chi connectivity index (χ3n) is 4.46. The van der Waals surface area contributed by atoms with Crippen LogP contribution in [0.25, 0.3) is 10.4 Å². The van der Waals surface area contributed by atoms with Crippen LogP contribution >= 0.6 is 11.3 Å². The number of aryl methyl sites for hydroxylation is 1. The summed E-state index contributed by atoms with van der Waals surface area (Å²) in [5.41, 5.74) is 8.99. The van der Waals surface area contributed by atoms with E-state index in [1.165, 1.54) is 48.2 Å². The average Bonchev–Trinajstić information content (AvgIpc) is 3.28. The first-order valence-electron chi connectivity index (χ1n) is 8.70. The Labute approximate surface area is 151 Å². The molecule has 0 saturated heterocycles. The minimum atomic E-state index is -0.488. The zero-order chi connectivity index (χ0) is 17.8. The number of rotatable bonds is 5. The lowest BCUT2D eigenvalue weighted by Gasteiger charge is -2.09. The normalized spacial score (nSPS) is 15.5. The van der Waals surface area contributed by atoms with Crippen LogP contribution in [0.15, 0.2) is 29.4 Å². The largest absolute Gasteiger partial charge is 0.380 e. The molecule has 132 valence electrons. The molecule has 0 bridgehead atoms. The van der Waals surface area contributed by atoms with E-state index >= 15 is 0 Å². The molecule has 25 heavy (non-hydrogen) atoms. The predicted octanol–water partition coefficient (Wildman–Crippen LogP) is 4.21. The highest BCUT2D eigenvalue weighted by Gasteiger charge is 2.24. The summed E-state index contributed by atoms with van der Waals surface area (Å²) in [6.07, 6.45) is 6.03.